The summed E-state index contributed by atoms with van der Waals surface area (Å²) < 4.78 is 20.5. The molecule has 20 heavy (non-hydrogen) atoms. The zero-order chi connectivity index (χ0) is 14.7. The maximum Gasteiger partial charge on any atom is 0.166 e. The number of rotatable bonds is 5. The molecule has 0 saturated heterocycles. The van der Waals surface area contributed by atoms with Gasteiger partial charge in [-0.1, -0.05) is 22.9 Å². The molecule has 2 unspecified atom stereocenters. The molecule has 5 heteroatoms. The van der Waals surface area contributed by atoms with Gasteiger partial charge in [0.2, 0.25) is 0 Å². The van der Waals surface area contributed by atoms with Crippen LogP contribution in [-0.4, -0.2) is 6.04 Å². The van der Waals surface area contributed by atoms with Crippen molar-refractivity contribution in [2.75, 3.05) is 0 Å². The minimum atomic E-state index is -0.387. The second kappa shape index (κ2) is 6.70. The van der Waals surface area contributed by atoms with Crippen molar-refractivity contribution in [3.05, 3.63) is 50.4 Å². The number of benzene rings is 1. The summed E-state index contributed by atoms with van der Waals surface area (Å²) in [5.74, 6) is -0.156. The van der Waals surface area contributed by atoms with Crippen LogP contribution in [-0.2, 0) is 0 Å². The van der Waals surface area contributed by atoms with Crippen molar-refractivity contribution in [3.8, 4) is 5.75 Å². The van der Waals surface area contributed by atoms with Crippen molar-refractivity contribution in [2.45, 2.75) is 32.4 Å². The molecule has 0 aliphatic carbocycles. The maximum absolute atomic E-state index is 13.9. The zero-order valence-corrected chi connectivity index (χ0v) is 13.8. The zero-order valence-electron chi connectivity index (χ0n) is 11.4. The van der Waals surface area contributed by atoms with Gasteiger partial charge in [0.25, 0.3) is 0 Å². The van der Waals surface area contributed by atoms with Crippen LogP contribution in [0.4, 0.5) is 4.39 Å². The number of halogens is 2. The summed E-state index contributed by atoms with van der Waals surface area (Å²) in [7, 11) is 0. The third-order valence-electron chi connectivity index (χ3n) is 3.17. The fourth-order valence-electron chi connectivity index (χ4n) is 1.93. The van der Waals surface area contributed by atoms with E-state index >= 15 is 0 Å². The van der Waals surface area contributed by atoms with Crippen molar-refractivity contribution in [2.24, 2.45) is 5.73 Å². The lowest BCUT2D eigenvalue weighted by molar-refractivity contribution is 0.166. The Labute approximate surface area is 130 Å². The van der Waals surface area contributed by atoms with E-state index in [2.05, 4.69) is 15.9 Å². The molecule has 1 aromatic heterocycles. The molecule has 2 atom stereocenters. The van der Waals surface area contributed by atoms with Crippen molar-refractivity contribution >= 4 is 27.3 Å². The highest BCUT2D eigenvalue weighted by molar-refractivity contribution is 9.10. The van der Waals surface area contributed by atoms with Crippen molar-refractivity contribution < 1.29 is 9.13 Å². The third-order valence-corrected chi connectivity index (χ3v) is 4.74. The smallest absolute Gasteiger partial charge is 0.166 e. The summed E-state index contributed by atoms with van der Waals surface area (Å²) in [6.07, 6.45) is 0.441. The van der Waals surface area contributed by atoms with Crippen LogP contribution in [0.25, 0.3) is 0 Å². The highest BCUT2D eigenvalue weighted by Crippen LogP contribution is 2.33. The van der Waals surface area contributed by atoms with E-state index in [0.29, 0.717) is 4.47 Å². The standard InChI is InChI=1S/C15H17BrFNOS/c1-3-12(18)14(15-9(2)6-7-20-15)19-13-5-4-10(16)8-11(13)17/h4-8,12,14H,3,18H2,1-2H3. The normalized spacial score (nSPS) is 14.1. The average molecular weight is 358 g/mol. The second-order valence-corrected chi connectivity index (χ2v) is 6.52. The molecule has 2 aromatic rings. The first-order chi connectivity index (χ1) is 9.52. The monoisotopic (exact) mass is 357 g/mol. The summed E-state index contributed by atoms with van der Waals surface area (Å²) in [4.78, 5) is 1.06. The summed E-state index contributed by atoms with van der Waals surface area (Å²) in [6, 6.07) is 6.63. The predicted molar refractivity (Wildman–Crippen MR) is 84.8 cm³/mol. The maximum atomic E-state index is 13.9. The third kappa shape index (κ3) is 3.40. The van der Waals surface area contributed by atoms with E-state index in [9.17, 15) is 4.39 Å². The number of hydrogen-bond acceptors (Lipinski definition) is 3. The first kappa shape index (κ1) is 15.5. The highest BCUT2D eigenvalue weighted by atomic mass is 79.9. The van der Waals surface area contributed by atoms with E-state index in [-0.39, 0.29) is 23.7 Å². The summed E-state index contributed by atoms with van der Waals surface area (Å²) >= 11 is 4.83. The molecule has 2 nitrogen and oxygen atoms in total. The Bertz CT molecular complexity index is 587. The Morgan fingerprint density at radius 1 is 1.40 bits per heavy atom. The molecule has 0 spiro atoms. The van der Waals surface area contributed by atoms with Gasteiger partial charge >= 0.3 is 0 Å². The largest absolute Gasteiger partial charge is 0.480 e. The van der Waals surface area contributed by atoms with Crippen LogP contribution in [0.5, 0.6) is 5.75 Å². The van der Waals surface area contributed by atoms with Gasteiger partial charge in [-0.15, -0.1) is 11.3 Å². The second-order valence-electron chi connectivity index (χ2n) is 4.65. The Balaban J connectivity index is 2.31. The fraction of sp³-hybridized carbons (Fsp3) is 0.333. The van der Waals surface area contributed by atoms with Gasteiger partial charge in [0, 0.05) is 15.4 Å². The molecule has 0 fully saturated rings. The molecule has 2 N–H and O–H groups in total. The van der Waals surface area contributed by atoms with E-state index in [0.717, 1.165) is 16.9 Å². The van der Waals surface area contributed by atoms with Crippen molar-refractivity contribution in [1.29, 1.82) is 0 Å². The van der Waals surface area contributed by atoms with E-state index in [1.165, 1.54) is 6.07 Å². The van der Waals surface area contributed by atoms with Gasteiger partial charge in [0.15, 0.2) is 11.6 Å². The molecular weight excluding hydrogens is 341 g/mol. The Hall–Kier alpha value is -0.910. The van der Waals surface area contributed by atoms with Crippen molar-refractivity contribution in [1.82, 2.24) is 0 Å². The van der Waals surface area contributed by atoms with Gasteiger partial charge in [-0.2, -0.15) is 0 Å². The minimum absolute atomic E-state index is 0.171. The van der Waals surface area contributed by atoms with E-state index in [4.69, 9.17) is 10.5 Å². The molecule has 0 radical (unpaired) electrons. The van der Waals surface area contributed by atoms with Gasteiger partial charge in [-0.05, 0) is 48.6 Å². The SMILES string of the molecule is CCC(N)C(Oc1ccc(Br)cc1F)c1sccc1C. The molecule has 0 bridgehead atoms. The van der Waals surface area contributed by atoms with Crippen LogP contribution in [0.1, 0.15) is 29.9 Å². The number of aryl methyl sites for hydroxylation is 1. The van der Waals surface area contributed by atoms with Crippen LogP contribution in [0.3, 0.4) is 0 Å². The van der Waals surface area contributed by atoms with Crippen LogP contribution in [0.15, 0.2) is 34.1 Å². The summed E-state index contributed by atoms with van der Waals surface area (Å²) in [5, 5.41) is 2.00. The molecule has 0 aliphatic rings. The molecule has 2 rings (SSSR count). The molecule has 0 aliphatic heterocycles. The topological polar surface area (TPSA) is 35.2 Å². The molecule has 0 amide bonds. The lowest BCUT2D eigenvalue weighted by Crippen LogP contribution is -2.31. The van der Waals surface area contributed by atoms with Gasteiger partial charge in [0.05, 0.1) is 0 Å². The Morgan fingerprint density at radius 2 is 2.15 bits per heavy atom. The summed E-state index contributed by atoms with van der Waals surface area (Å²) in [5.41, 5.74) is 7.28. The molecule has 0 saturated carbocycles. The van der Waals surface area contributed by atoms with Crippen LogP contribution < -0.4 is 10.5 Å². The quantitative estimate of drug-likeness (QED) is 0.832. The predicted octanol–water partition coefficient (Wildman–Crippen LogP) is 4.82. The van der Waals surface area contributed by atoms with Crippen LogP contribution in [0.2, 0.25) is 0 Å². The fourth-order valence-corrected chi connectivity index (χ4v) is 3.30. The van der Waals surface area contributed by atoms with Gasteiger partial charge in [-0.25, -0.2) is 4.39 Å². The van der Waals surface area contributed by atoms with E-state index in [1.54, 1.807) is 23.5 Å². The Morgan fingerprint density at radius 3 is 2.70 bits per heavy atom. The van der Waals surface area contributed by atoms with E-state index < -0.39 is 0 Å². The van der Waals surface area contributed by atoms with Crippen molar-refractivity contribution in [3.63, 3.8) is 0 Å². The molecular formula is C15H17BrFNOS. The molecule has 1 aromatic carbocycles. The Kier molecular flexibility index (Phi) is 5.18. The summed E-state index contributed by atoms with van der Waals surface area (Å²) in [6.45, 7) is 4.02. The first-order valence-electron chi connectivity index (χ1n) is 6.44. The van der Waals surface area contributed by atoms with E-state index in [1.807, 2.05) is 25.3 Å². The molecule has 1 heterocycles. The van der Waals surface area contributed by atoms with Crippen LogP contribution in [0, 0.1) is 12.7 Å². The van der Waals surface area contributed by atoms with Gasteiger partial charge < -0.3 is 10.5 Å². The number of nitrogens with two attached hydrogens (primary N) is 1. The first-order valence-corrected chi connectivity index (χ1v) is 8.11. The number of thiophene rings is 1. The lowest BCUT2D eigenvalue weighted by Gasteiger charge is -2.24. The lowest BCUT2D eigenvalue weighted by atomic mass is 10.1. The van der Waals surface area contributed by atoms with Gasteiger partial charge in [-0.3, -0.25) is 0 Å². The number of ether oxygens (including phenoxy) is 1. The minimum Gasteiger partial charge on any atom is -0.480 e. The van der Waals surface area contributed by atoms with Crippen LogP contribution >= 0.6 is 27.3 Å². The molecule has 108 valence electrons. The number of hydrogen-bond donors (Lipinski definition) is 1. The average Bonchev–Trinajstić information content (AvgIpc) is 2.83. The van der Waals surface area contributed by atoms with Gasteiger partial charge in [0.1, 0.15) is 6.10 Å². The highest BCUT2D eigenvalue weighted by Gasteiger charge is 2.24.